The van der Waals surface area contributed by atoms with Crippen LogP contribution in [0.15, 0.2) is 64.0 Å². The topological polar surface area (TPSA) is 84.6 Å². The Morgan fingerprint density at radius 3 is 2.63 bits per heavy atom. The molecule has 1 aliphatic rings. The molecule has 1 saturated heterocycles. The molecule has 4 heterocycles. The normalized spacial score (nSPS) is 17.5. The van der Waals surface area contributed by atoms with Gasteiger partial charge in [0.1, 0.15) is 11.5 Å². The standard InChI is InChI=1S/C20H21N3O4/c24-19(25)20(23-11-7-17(21-23)18-6-3-15-27-18)8-12-22(13-9-20)10-1-4-16-5-2-14-26-16/h1-7,11,14-15H,8-10,12-13H2,(H,24,25). The van der Waals surface area contributed by atoms with Crippen LogP contribution in [0.4, 0.5) is 0 Å². The number of carbonyl (C=O) groups is 1. The fourth-order valence-electron chi connectivity index (χ4n) is 3.47. The van der Waals surface area contributed by atoms with Gasteiger partial charge in [0.2, 0.25) is 0 Å². The molecule has 0 atom stereocenters. The number of carboxylic acid groups (broad SMARTS) is 1. The first-order valence-electron chi connectivity index (χ1n) is 8.93. The average molecular weight is 367 g/mol. The number of carboxylic acids is 1. The van der Waals surface area contributed by atoms with Crippen molar-refractivity contribution in [3.63, 3.8) is 0 Å². The summed E-state index contributed by atoms with van der Waals surface area (Å²) < 4.78 is 12.2. The van der Waals surface area contributed by atoms with Gasteiger partial charge in [-0.2, -0.15) is 5.10 Å². The van der Waals surface area contributed by atoms with E-state index in [1.54, 1.807) is 35.5 Å². The fraction of sp³-hybridized carbons (Fsp3) is 0.300. The summed E-state index contributed by atoms with van der Waals surface area (Å²) in [7, 11) is 0. The van der Waals surface area contributed by atoms with Gasteiger partial charge in [0.05, 0.1) is 12.5 Å². The van der Waals surface area contributed by atoms with Crippen LogP contribution in [0, 0.1) is 0 Å². The molecule has 1 N–H and O–H groups in total. The fourth-order valence-corrected chi connectivity index (χ4v) is 3.47. The number of hydrogen-bond acceptors (Lipinski definition) is 5. The van der Waals surface area contributed by atoms with Crippen molar-refractivity contribution in [2.24, 2.45) is 0 Å². The molecular weight excluding hydrogens is 346 g/mol. The second-order valence-electron chi connectivity index (χ2n) is 6.68. The lowest BCUT2D eigenvalue weighted by molar-refractivity contribution is -0.151. The molecule has 7 nitrogen and oxygen atoms in total. The molecule has 27 heavy (non-hydrogen) atoms. The molecule has 3 aromatic rings. The predicted molar refractivity (Wildman–Crippen MR) is 99.0 cm³/mol. The van der Waals surface area contributed by atoms with Crippen molar-refractivity contribution >= 4 is 12.0 Å². The van der Waals surface area contributed by atoms with Gasteiger partial charge in [-0.05, 0) is 49.2 Å². The number of furan rings is 2. The number of piperidine rings is 1. The van der Waals surface area contributed by atoms with E-state index in [9.17, 15) is 9.90 Å². The minimum Gasteiger partial charge on any atom is -0.479 e. The van der Waals surface area contributed by atoms with E-state index in [-0.39, 0.29) is 0 Å². The minimum absolute atomic E-state index is 0.496. The summed E-state index contributed by atoms with van der Waals surface area (Å²) in [6.07, 6.45) is 9.92. The lowest BCUT2D eigenvalue weighted by Gasteiger charge is -2.38. The molecule has 4 rings (SSSR count). The first kappa shape index (κ1) is 17.4. The summed E-state index contributed by atoms with van der Waals surface area (Å²) in [5.74, 6) is 0.603. The summed E-state index contributed by atoms with van der Waals surface area (Å²) in [5, 5.41) is 14.4. The van der Waals surface area contributed by atoms with Crippen LogP contribution in [0.25, 0.3) is 17.5 Å². The van der Waals surface area contributed by atoms with Gasteiger partial charge >= 0.3 is 5.97 Å². The first-order valence-corrected chi connectivity index (χ1v) is 8.93. The number of nitrogens with zero attached hydrogens (tertiary/aromatic N) is 3. The van der Waals surface area contributed by atoms with E-state index in [1.807, 2.05) is 30.4 Å². The van der Waals surface area contributed by atoms with Crippen molar-refractivity contribution in [2.75, 3.05) is 19.6 Å². The Morgan fingerprint density at radius 1 is 1.19 bits per heavy atom. The maximum absolute atomic E-state index is 12.1. The minimum atomic E-state index is -1.02. The summed E-state index contributed by atoms with van der Waals surface area (Å²) in [6, 6.07) is 9.14. The Labute approximate surface area is 156 Å². The Balaban J connectivity index is 1.44. The quantitative estimate of drug-likeness (QED) is 0.719. The third-order valence-electron chi connectivity index (χ3n) is 5.07. The lowest BCUT2D eigenvalue weighted by Crippen LogP contribution is -2.51. The molecule has 3 aromatic heterocycles. The van der Waals surface area contributed by atoms with Crippen LogP contribution >= 0.6 is 0 Å². The summed E-state index contributed by atoms with van der Waals surface area (Å²) in [5.41, 5.74) is -0.379. The zero-order valence-corrected chi connectivity index (χ0v) is 14.8. The highest BCUT2D eigenvalue weighted by Gasteiger charge is 2.44. The second kappa shape index (κ2) is 7.28. The Kier molecular flexibility index (Phi) is 4.68. The highest BCUT2D eigenvalue weighted by atomic mass is 16.4. The summed E-state index contributed by atoms with van der Waals surface area (Å²) in [6.45, 7) is 2.13. The van der Waals surface area contributed by atoms with E-state index in [1.165, 1.54) is 0 Å². The van der Waals surface area contributed by atoms with Gasteiger partial charge in [-0.25, -0.2) is 4.79 Å². The van der Waals surface area contributed by atoms with E-state index in [2.05, 4.69) is 10.00 Å². The van der Waals surface area contributed by atoms with Crippen molar-refractivity contribution in [3.05, 3.63) is 60.9 Å². The van der Waals surface area contributed by atoms with E-state index < -0.39 is 11.5 Å². The molecule has 0 aliphatic carbocycles. The van der Waals surface area contributed by atoms with Gasteiger partial charge in [0.25, 0.3) is 0 Å². The van der Waals surface area contributed by atoms with Crippen LogP contribution in [0.2, 0.25) is 0 Å². The number of likely N-dealkylation sites (tertiary alicyclic amines) is 1. The summed E-state index contributed by atoms with van der Waals surface area (Å²) in [4.78, 5) is 14.4. The molecule has 0 spiro atoms. The number of hydrogen-bond donors (Lipinski definition) is 1. The Bertz CT molecular complexity index is 901. The molecule has 0 bridgehead atoms. The average Bonchev–Trinajstić information content (AvgIpc) is 3.43. The van der Waals surface area contributed by atoms with Crippen LogP contribution in [0.1, 0.15) is 18.6 Å². The van der Waals surface area contributed by atoms with Crippen molar-refractivity contribution in [2.45, 2.75) is 18.4 Å². The van der Waals surface area contributed by atoms with Gasteiger partial charge in [-0.3, -0.25) is 9.58 Å². The summed E-state index contributed by atoms with van der Waals surface area (Å²) >= 11 is 0. The van der Waals surface area contributed by atoms with Crippen molar-refractivity contribution in [1.82, 2.24) is 14.7 Å². The van der Waals surface area contributed by atoms with Crippen LogP contribution in [0.5, 0.6) is 0 Å². The molecule has 7 heteroatoms. The van der Waals surface area contributed by atoms with Crippen molar-refractivity contribution in [3.8, 4) is 11.5 Å². The number of rotatable bonds is 6. The van der Waals surface area contributed by atoms with Gasteiger partial charge in [0.15, 0.2) is 11.3 Å². The maximum atomic E-state index is 12.1. The Hall–Kier alpha value is -3.06. The van der Waals surface area contributed by atoms with Gasteiger partial charge in [-0.1, -0.05) is 6.08 Å². The van der Waals surface area contributed by atoms with Crippen LogP contribution in [-0.2, 0) is 10.3 Å². The third-order valence-corrected chi connectivity index (χ3v) is 5.07. The van der Waals surface area contributed by atoms with Gasteiger partial charge < -0.3 is 13.9 Å². The molecule has 140 valence electrons. The molecular formula is C20H21N3O4. The number of aromatic nitrogens is 2. The lowest BCUT2D eigenvalue weighted by atomic mass is 9.87. The SMILES string of the molecule is O=C(O)C1(n2ccc(-c3ccco3)n2)CCN(CC=Cc2ccco2)CC1. The monoisotopic (exact) mass is 367 g/mol. The molecule has 0 amide bonds. The zero-order valence-electron chi connectivity index (χ0n) is 14.8. The highest BCUT2D eigenvalue weighted by Crippen LogP contribution is 2.31. The molecule has 0 saturated carbocycles. The predicted octanol–water partition coefficient (Wildman–Crippen LogP) is 3.33. The molecule has 1 aliphatic heterocycles. The Morgan fingerprint density at radius 2 is 1.96 bits per heavy atom. The highest BCUT2D eigenvalue weighted by molar-refractivity contribution is 5.77. The van der Waals surface area contributed by atoms with Crippen molar-refractivity contribution in [1.29, 1.82) is 0 Å². The molecule has 0 aromatic carbocycles. The largest absolute Gasteiger partial charge is 0.479 e. The van der Waals surface area contributed by atoms with Crippen molar-refractivity contribution < 1.29 is 18.7 Å². The molecule has 0 unspecified atom stereocenters. The number of aliphatic carboxylic acids is 1. The molecule has 0 radical (unpaired) electrons. The smallest absolute Gasteiger partial charge is 0.331 e. The van der Waals surface area contributed by atoms with E-state index in [0.29, 0.717) is 37.4 Å². The first-order chi connectivity index (χ1) is 13.2. The maximum Gasteiger partial charge on any atom is 0.331 e. The van der Waals surface area contributed by atoms with Crippen LogP contribution in [-0.4, -0.2) is 45.4 Å². The second-order valence-corrected chi connectivity index (χ2v) is 6.68. The van der Waals surface area contributed by atoms with E-state index >= 15 is 0 Å². The zero-order chi connectivity index (χ0) is 18.7. The van der Waals surface area contributed by atoms with Crippen LogP contribution in [0.3, 0.4) is 0 Å². The third kappa shape index (κ3) is 3.46. The van der Waals surface area contributed by atoms with E-state index in [4.69, 9.17) is 8.83 Å². The van der Waals surface area contributed by atoms with Gasteiger partial charge in [-0.15, -0.1) is 0 Å². The molecule has 1 fully saturated rings. The van der Waals surface area contributed by atoms with Crippen LogP contribution < -0.4 is 0 Å². The van der Waals surface area contributed by atoms with E-state index in [0.717, 1.165) is 12.3 Å². The van der Waals surface area contributed by atoms with Gasteiger partial charge in [0, 0.05) is 25.8 Å².